The molecule has 0 radical (unpaired) electrons. The fourth-order valence-electron chi connectivity index (χ4n) is 2.08. The largest absolute Gasteiger partial charge is 0.397 e. The Bertz CT molecular complexity index is 597. The van der Waals surface area contributed by atoms with Gasteiger partial charge in [-0.15, -0.1) is 0 Å². The Morgan fingerprint density at radius 2 is 2.21 bits per heavy atom. The van der Waals surface area contributed by atoms with Gasteiger partial charge in [0.25, 0.3) is 0 Å². The van der Waals surface area contributed by atoms with Crippen molar-refractivity contribution in [3.8, 4) is 0 Å². The molecule has 1 amide bonds. The summed E-state index contributed by atoms with van der Waals surface area (Å²) in [7, 11) is 1.64. The Balaban J connectivity index is 2.48. The zero-order valence-electron chi connectivity index (χ0n) is 11.2. The van der Waals surface area contributed by atoms with E-state index in [1.54, 1.807) is 13.2 Å². The zero-order chi connectivity index (χ0) is 13.8. The van der Waals surface area contributed by atoms with E-state index < -0.39 is 0 Å². The minimum atomic E-state index is -0.0179. The number of hydrogen-bond donors (Lipinski definition) is 2. The molecule has 1 aromatic carbocycles. The SMILES string of the molecule is CCN(CC(=O)NC)c1ccnc2c(N)cccc12. The van der Waals surface area contributed by atoms with E-state index in [2.05, 4.69) is 10.3 Å². The van der Waals surface area contributed by atoms with Crippen LogP contribution in [0.3, 0.4) is 0 Å². The number of nitrogens with two attached hydrogens (primary N) is 1. The van der Waals surface area contributed by atoms with Crippen molar-refractivity contribution < 1.29 is 4.79 Å². The van der Waals surface area contributed by atoms with Gasteiger partial charge in [-0.2, -0.15) is 0 Å². The number of hydrogen-bond acceptors (Lipinski definition) is 4. The fourth-order valence-corrected chi connectivity index (χ4v) is 2.08. The summed E-state index contributed by atoms with van der Waals surface area (Å²) in [6, 6.07) is 7.61. The number of anilines is 2. The molecule has 0 fully saturated rings. The maximum Gasteiger partial charge on any atom is 0.239 e. The monoisotopic (exact) mass is 258 g/mol. The molecule has 0 saturated carbocycles. The van der Waals surface area contributed by atoms with E-state index in [-0.39, 0.29) is 5.91 Å². The van der Waals surface area contributed by atoms with Crippen molar-refractivity contribution in [2.45, 2.75) is 6.92 Å². The van der Waals surface area contributed by atoms with Gasteiger partial charge in [0.15, 0.2) is 0 Å². The standard InChI is InChI=1S/C14H18N4O/c1-3-18(9-13(19)16-2)12-7-8-17-14-10(12)5-4-6-11(14)15/h4-8H,3,9,15H2,1-2H3,(H,16,19). The molecule has 0 spiro atoms. The summed E-state index contributed by atoms with van der Waals surface area (Å²) < 4.78 is 0. The Kier molecular flexibility index (Phi) is 3.85. The van der Waals surface area contributed by atoms with Crippen LogP contribution in [0, 0.1) is 0 Å². The third kappa shape index (κ3) is 2.59. The highest BCUT2D eigenvalue weighted by Crippen LogP contribution is 2.28. The summed E-state index contributed by atoms with van der Waals surface area (Å²) >= 11 is 0. The lowest BCUT2D eigenvalue weighted by atomic mass is 10.1. The Labute approximate surface area is 112 Å². The van der Waals surface area contributed by atoms with E-state index in [1.165, 1.54) is 0 Å². The molecule has 0 saturated heterocycles. The summed E-state index contributed by atoms with van der Waals surface area (Å²) in [6.45, 7) is 3.07. The zero-order valence-corrected chi connectivity index (χ0v) is 11.2. The Morgan fingerprint density at radius 1 is 1.42 bits per heavy atom. The first kappa shape index (κ1) is 13.1. The first-order valence-corrected chi connectivity index (χ1v) is 6.26. The van der Waals surface area contributed by atoms with Crippen molar-refractivity contribution >= 4 is 28.2 Å². The highest BCUT2D eigenvalue weighted by molar-refractivity contribution is 5.98. The number of nitrogens with zero attached hydrogens (tertiary/aromatic N) is 2. The van der Waals surface area contributed by atoms with E-state index in [0.29, 0.717) is 12.2 Å². The number of likely N-dealkylation sites (N-methyl/N-ethyl adjacent to an activating group) is 2. The molecule has 2 aromatic rings. The molecule has 3 N–H and O–H groups in total. The number of nitrogen functional groups attached to an aromatic ring is 1. The number of amides is 1. The highest BCUT2D eigenvalue weighted by atomic mass is 16.1. The van der Waals surface area contributed by atoms with Gasteiger partial charge in [0.2, 0.25) is 5.91 Å². The highest BCUT2D eigenvalue weighted by Gasteiger charge is 2.12. The van der Waals surface area contributed by atoms with Crippen molar-refractivity contribution in [3.63, 3.8) is 0 Å². The molecular weight excluding hydrogens is 240 g/mol. The van der Waals surface area contributed by atoms with Gasteiger partial charge in [-0.05, 0) is 19.1 Å². The molecular formula is C14H18N4O. The molecule has 5 nitrogen and oxygen atoms in total. The minimum absolute atomic E-state index is 0.0179. The second kappa shape index (κ2) is 5.56. The minimum Gasteiger partial charge on any atom is -0.397 e. The van der Waals surface area contributed by atoms with Crippen LogP contribution >= 0.6 is 0 Å². The van der Waals surface area contributed by atoms with Gasteiger partial charge in [-0.3, -0.25) is 9.78 Å². The van der Waals surface area contributed by atoms with Crippen LogP contribution in [-0.4, -0.2) is 31.0 Å². The number of benzene rings is 1. The van der Waals surface area contributed by atoms with Gasteiger partial charge in [0.05, 0.1) is 17.7 Å². The van der Waals surface area contributed by atoms with Crippen molar-refractivity contribution in [1.29, 1.82) is 0 Å². The third-order valence-corrected chi connectivity index (χ3v) is 3.11. The molecule has 1 heterocycles. The van der Waals surface area contributed by atoms with Crippen molar-refractivity contribution in [2.75, 3.05) is 30.8 Å². The smallest absolute Gasteiger partial charge is 0.239 e. The lowest BCUT2D eigenvalue weighted by Gasteiger charge is -2.23. The molecule has 0 unspecified atom stereocenters. The lowest BCUT2D eigenvalue weighted by Crippen LogP contribution is -2.35. The summed E-state index contributed by atoms with van der Waals surface area (Å²) in [5.74, 6) is -0.0179. The summed E-state index contributed by atoms with van der Waals surface area (Å²) in [5, 5.41) is 3.60. The molecule has 1 aromatic heterocycles. The number of para-hydroxylation sites is 1. The van der Waals surface area contributed by atoms with E-state index >= 15 is 0 Å². The van der Waals surface area contributed by atoms with Crippen LogP contribution in [0.25, 0.3) is 10.9 Å². The lowest BCUT2D eigenvalue weighted by molar-refractivity contribution is -0.119. The van der Waals surface area contributed by atoms with E-state index in [0.717, 1.165) is 23.1 Å². The quantitative estimate of drug-likeness (QED) is 0.813. The Morgan fingerprint density at radius 3 is 2.89 bits per heavy atom. The molecule has 2 rings (SSSR count). The van der Waals surface area contributed by atoms with E-state index in [1.807, 2.05) is 36.1 Å². The molecule has 19 heavy (non-hydrogen) atoms. The van der Waals surface area contributed by atoms with Gasteiger partial charge >= 0.3 is 0 Å². The first-order valence-electron chi connectivity index (χ1n) is 6.26. The van der Waals surface area contributed by atoms with E-state index in [4.69, 9.17) is 5.73 Å². The molecule has 0 bridgehead atoms. The van der Waals surface area contributed by atoms with Crippen molar-refractivity contribution in [3.05, 3.63) is 30.5 Å². The molecule has 0 atom stereocenters. The van der Waals surface area contributed by atoms with Crippen LogP contribution in [0.4, 0.5) is 11.4 Å². The summed E-state index contributed by atoms with van der Waals surface area (Å²) in [6.07, 6.45) is 1.72. The third-order valence-electron chi connectivity index (χ3n) is 3.11. The first-order chi connectivity index (χ1) is 9.17. The van der Waals surface area contributed by atoms with Gasteiger partial charge in [-0.25, -0.2) is 0 Å². The fraction of sp³-hybridized carbons (Fsp3) is 0.286. The molecule has 0 aliphatic carbocycles. The van der Waals surface area contributed by atoms with Crippen LogP contribution < -0.4 is 16.0 Å². The maximum atomic E-state index is 11.6. The molecule has 0 aliphatic rings. The molecule has 0 aliphatic heterocycles. The van der Waals surface area contributed by atoms with Crippen LogP contribution in [0.5, 0.6) is 0 Å². The molecule has 5 heteroatoms. The van der Waals surface area contributed by atoms with Crippen molar-refractivity contribution in [2.24, 2.45) is 0 Å². The second-order valence-corrected chi connectivity index (χ2v) is 4.26. The average Bonchev–Trinajstić information content (AvgIpc) is 2.44. The van der Waals surface area contributed by atoms with Crippen LogP contribution in [0.15, 0.2) is 30.5 Å². The predicted molar refractivity (Wildman–Crippen MR) is 78.1 cm³/mol. The number of rotatable bonds is 4. The maximum absolute atomic E-state index is 11.6. The normalized spacial score (nSPS) is 10.4. The number of pyridine rings is 1. The van der Waals surface area contributed by atoms with E-state index in [9.17, 15) is 4.79 Å². The Hall–Kier alpha value is -2.30. The average molecular weight is 258 g/mol. The molecule has 100 valence electrons. The summed E-state index contributed by atoms with van der Waals surface area (Å²) in [4.78, 5) is 17.9. The van der Waals surface area contributed by atoms with Crippen molar-refractivity contribution in [1.82, 2.24) is 10.3 Å². The summed E-state index contributed by atoms with van der Waals surface area (Å²) in [5.41, 5.74) is 8.33. The van der Waals surface area contributed by atoms with Gasteiger partial charge < -0.3 is 16.0 Å². The van der Waals surface area contributed by atoms with Gasteiger partial charge in [0.1, 0.15) is 0 Å². The number of carbonyl (C=O) groups is 1. The van der Waals surface area contributed by atoms with Crippen LogP contribution in [0.1, 0.15) is 6.92 Å². The van der Waals surface area contributed by atoms with Gasteiger partial charge in [0, 0.05) is 30.9 Å². The number of nitrogens with one attached hydrogen (secondary N) is 1. The number of fused-ring (bicyclic) bond motifs is 1. The topological polar surface area (TPSA) is 71.2 Å². The van der Waals surface area contributed by atoms with Crippen LogP contribution in [0.2, 0.25) is 0 Å². The number of aromatic nitrogens is 1. The predicted octanol–water partition coefficient (Wildman–Crippen LogP) is 1.39. The van der Waals surface area contributed by atoms with Gasteiger partial charge in [-0.1, -0.05) is 12.1 Å². The number of carbonyl (C=O) groups excluding carboxylic acids is 1. The van der Waals surface area contributed by atoms with Crippen LogP contribution in [-0.2, 0) is 4.79 Å². The second-order valence-electron chi connectivity index (χ2n) is 4.26.